The Hall–Kier alpha value is -1.86. The molecule has 1 rings (SSSR count). The van der Waals surface area contributed by atoms with Crippen LogP contribution in [0.2, 0.25) is 0 Å². The zero-order valence-corrected chi connectivity index (χ0v) is 9.63. The summed E-state index contributed by atoms with van der Waals surface area (Å²) in [6, 6.07) is 2.38. The molecule has 0 atom stereocenters. The topological polar surface area (TPSA) is 35.5 Å². The molecule has 0 N–H and O–H groups in total. The quantitative estimate of drug-likeness (QED) is 0.629. The van der Waals surface area contributed by atoms with Gasteiger partial charge in [0.2, 0.25) is 0 Å². The SMILES string of the molecule is COC(=O)Cc1ccc(OC(F)(F)F)cc1C(F)F. The predicted molar refractivity (Wildman–Crippen MR) is 53.8 cm³/mol. The minimum absolute atomic E-state index is 0.114. The van der Waals surface area contributed by atoms with Gasteiger partial charge in [-0.15, -0.1) is 13.2 Å². The van der Waals surface area contributed by atoms with Crippen LogP contribution in [0.15, 0.2) is 18.2 Å². The van der Waals surface area contributed by atoms with Crippen LogP contribution in [0.1, 0.15) is 17.6 Å². The second-order valence-electron chi connectivity index (χ2n) is 3.46. The highest BCUT2D eigenvalue weighted by atomic mass is 19.4. The van der Waals surface area contributed by atoms with Gasteiger partial charge < -0.3 is 9.47 Å². The Morgan fingerprint density at radius 3 is 2.42 bits per heavy atom. The first-order valence-corrected chi connectivity index (χ1v) is 4.96. The monoisotopic (exact) mass is 284 g/mol. The van der Waals surface area contributed by atoms with Crippen LogP contribution in [0.5, 0.6) is 5.75 Å². The van der Waals surface area contributed by atoms with Crippen molar-refractivity contribution in [3.05, 3.63) is 29.3 Å². The third-order valence-corrected chi connectivity index (χ3v) is 2.15. The Labute approximate surface area is 104 Å². The Morgan fingerprint density at radius 1 is 1.32 bits per heavy atom. The number of esters is 1. The van der Waals surface area contributed by atoms with Crippen LogP contribution in [0.3, 0.4) is 0 Å². The van der Waals surface area contributed by atoms with E-state index in [-0.39, 0.29) is 5.56 Å². The fourth-order valence-corrected chi connectivity index (χ4v) is 1.36. The maximum atomic E-state index is 12.7. The van der Waals surface area contributed by atoms with Gasteiger partial charge >= 0.3 is 12.3 Å². The van der Waals surface area contributed by atoms with E-state index in [9.17, 15) is 26.7 Å². The molecule has 0 unspecified atom stereocenters. The average molecular weight is 284 g/mol. The molecular formula is C11H9F5O3. The third-order valence-electron chi connectivity index (χ3n) is 2.15. The second-order valence-corrected chi connectivity index (χ2v) is 3.46. The fraction of sp³-hybridized carbons (Fsp3) is 0.364. The number of rotatable bonds is 4. The molecule has 0 radical (unpaired) electrons. The summed E-state index contributed by atoms with van der Waals surface area (Å²) < 4.78 is 69.1. The van der Waals surface area contributed by atoms with Crippen LogP contribution in [-0.2, 0) is 16.0 Å². The molecule has 0 amide bonds. The van der Waals surface area contributed by atoms with E-state index in [1.807, 2.05) is 0 Å². The van der Waals surface area contributed by atoms with Crippen molar-refractivity contribution in [2.24, 2.45) is 0 Å². The average Bonchev–Trinajstić information content (AvgIpc) is 2.28. The lowest BCUT2D eigenvalue weighted by molar-refractivity contribution is -0.274. The second kappa shape index (κ2) is 5.85. The van der Waals surface area contributed by atoms with Gasteiger partial charge in [0.15, 0.2) is 0 Å². The number of methoxy groups -OCH3 is 1. The van der Waals surface area contributed by atoms with Gasteiger partial charge in [-0.05, 0) is 17.7 Å². The molecule has 0 fully saturated rings. The highest BCUT2D eigenvalue weighted by Crippen LogP contribution is 2.30. The molecule has 0 aromatic heterocycles. The molecule has 0 saturated heterocycles. The van der Waals surface area contributed by atoms with Crippen molar-refractivity contribution in [3.8, 4) is 5.75 Å². The van der Waals surface area contributed by atoms with Gasteiger partial charge in [0, 0.05) is 5.56 Å². The van der Waals surface area contributed by atoms with Gasteiger partial charge in [0.1, 0.15) is 5.75 Å². The molecule has 0 saturated carbocycles. The van der Waals surface area contributed by atoms with E-state index in [2.05, 4.69) is 9.47 Å². The van der Waals surface area contributed by atoms with Crippen molar-refractivity contribution in [1.29, 1.82) is 0 Å². The minimum atomic E-state index is -4.97. The van der Waals surface area contributed by atoms with Crippen molar-refractivity contribution in [2.45, 2.75) is 19.2 Å². The number of carbonyl (C=O) groups is 1. The van der Waals surface area contributed by atoms with Crippen molar-refractivity contribution >= 4 is 5.97 Å². The molecule has 0 aliphatic carbocycles. The molecule has 1 aromatic rings. The molecule has 8 heteroatoms. The Balaban J connectivity index is 3.04. The maximum absolute atomic E-state index is 12.7. The normalized spacial score (nSPS) is 11.5. The molecule has 0 heterocycles. The lowest BCUT2D eigenvalue weighted by Gasteiger charge is -2.13. The Morgan fingerprint density at radius 2 is 1.95 bits per heavy atom. The highest BCUT2D eigenvalue weighted by molar-refractivity contribution is 5.73. The van der Waals surface area contributed by atoms with E-state index in [0.29, 0.717) is 6.07 Å². The van der Waals surface area contributed by atoms with Crippen molar-refractivity contribution < 1.29 is 36.2 Å². The van der Waals surface area contributed by atoms with Crippen molar-refractivity contribution in [1.82, 2.24) is 0 Å². The summed E-state index contributed by atoms with van der Waals surface area (Å²) in [6.45, 7) is 0. The number of carbonyl (C=O) groups excluding carboxylic acids is 1. The minimum Gasteiger partial charge on any atom is -0.469 e. The molecule has 0 bridgehead atoms. The molecule has 0 aliphatic rings. The van der Waals surface area contributed by atoms with Crippen LogP contribution < -0.4 is 4.74 Å². The van der Waals surface area contributed by atoms with Crippen molar-refractivity contribution in [2.75, 3.05) is 7.11 Å². The first kappa shape index (κ1) is 15.2. The number of hydrogen-bond donors (Lipinski definition) is 0. The van der Waals surface area contributed by atoms with E-state index in [1.54, 1.807) is 0 Å². The largest absolute Gasteiger partial charge is 0.573 e. The number of alkyl halides is 5. The number of ether oxygens (including phenoxy) is 2. The van der Waals surface area contributed by atoms with Crippen molar-refractivity contribution in [3.63, 3.8) is 0 Å². The van der Waals surface area contributed by atoms with Gasteiger partial charge in [-0.25, -0.2) is 8.78 Å². The summed E-state index contributed by atoms with van der Waals surface area (Å²) in [5.41, 5.74) is -0.816. The molecule has 3 nitrogen and oxygen atoms in total. The van der Waals surface area contributed by atoms with E-state index >= 15 is 0 Å². The number of hydrogen-bond acceptors (Lipinski definition) is 3. The molecular weight excluding hydrogens is 275 g/mol. The first-order valence-electron chi connectivity index (χ1n) is 4.96. The zero-order valence-electron chi connectivity index (χ0n) is 9.63. The molecule has 19 heavy (non-hydrogen) atoms. The summed E-state index contributed by atoms with van der Waals surface area (Å²) in [5, 5.41) is 0. The molecule has 1 aromatic carbocycles. The highest BCUT2D eigenvalue weighted by Gasteiger charge is 2.31. The van der Waals surface area contributed by atoms with Gasteiger partial charge in [0.05, 0.1) is 13.5 Å². The third kappa shape index (κ3) is 4.72. The zero-order chi connectivity index (χ0) is 14.6. The van der Waals surface area contributed by atoms with Crippen LogP contribution in [0.25, 0.3) is 0 Å². The summed E-state index contributed by atoms with van der Waals surface area (Å²) in [6.07, 6.45) is -8.46. The van der Waals surface area contributed by atoms with Crippen LogP contribution in [-0.4, -0.2) is 19.4 Å². The molecule has 106 valence electrons. The van der Waals surface area contributed by atoms with Gasteiger partial charge in [-0.2, -0.15) is 0 Å². The molecule has 0 spiro atoms. The summed E-state index contributed by atoms with van der Waals surface area (Å²) in [7, 11) is 1.07. The smallest absolute Gasteiger partial charge is 0.469 e. The predicted octanol–water partition coefficient (Wildman–Crippen LogP) is 3.24. The number of halogens is 5. The van der Waals surface area contributed by atoms with Gasteiger partial charge in [-0.1, -0.05) is 6.07 Å². The van der Waals surface area contributed by atoms with Crippen LogP contribution >= 0.6 is 0 Å². The lowest BCUT2D eigenvalue weighted by Crippen LogP contribution is -2.17. The lowest BCUT2D eigenvalue weighted by atomic mass is 10.0. The van der Waals surface area contributed by atoms with E-state index in [4.69, 9.17) is 0 Å². The summed E-state index contributed by atoms with van der Waals surface area (Å²) >= 11 is 0. The van der Waals surface area contributed by atoms with Gasteiger partial charge in [0.25, 0.3) is 6.43 Å². The van der Waals surface area contributed by atoms with E-state index in [0.717, 1.165) is 19.2 Å². The first-order chi connectivity index (χ1) is 8.73. The molecule has 0 aliphatic heterocycles. The number of benzene rings is 1. The van der Waals surface area contributed by atoms with Crippen LogP contribution in [0, 0.1) is 0 Å². The van der Waals surface area contributed by atoms with Crippen LogP contribution in [0.4, 0.5) is 22.0 Å². The van der Waals surface area contributed by atoms with E-state index in [1.165, 1.54) is 0 Å². The van der Waals surface area contributed by atoms with Gasteiger partial charge in [-0.3, -0.25) is 4.79 Å². The van der Waals surface area contributed by atoms with E-state index < -0.39 is 36.5 Å². The summed E-state index contributed by atoms with van der Waals surface area (Å²) in [4.78, 5) is 11.0. The summed E-state index contributed by atoms with van der Waals surface area (Å²) in [5.74, 6) is -1.54. The fourth-order valence-electron chi connectivity index (χ4n) is 1.36. The Kier molecular flexibility index (Phi) is 4.68. The maximum Gasteiger partial charge on any atom is 0.573 e. The Bertz CT molecular complexity index is 456. The standard InChI is InChI=1S/C11H9F5O3/c1-18-9(17)4-6-2-3-7(19-11(14,15)16)5-8(6)10(12)13/h2-3,5,10H,4H2,1H3.